The van der Waals surface area contributed by atoms with E-state index in [0.717, 1.165) is 56.4 Å². The molecule has 4 rings (SSSR count). The molecule has 146 valence electrons. The second kappa shape index (κ2) is 7.79. The Morgan fingerprint density at radius 2 is 1.74 bits per heavy atom. The molecule has 2 aliphatic heterocycles. The molecule has 0 spiro atoms. The number of nitrogens with one attached hydrogen (secondary N) is 2. The first kappa shape index (κ1) is 18.1. The van der Waals surface area contributed by atoms with Crippen molar-refractivity contribution in [2.45, 2.75) is 70.0 Å². The van der Waals surface area contributed by atoms with E-state index in [2.05, 4.69) is 10.6 Å². The van der Waals surface area contributed by atoms with Gasteiger partial charge in [-0.2, -0.15) is 0 Å². The van der Waals surface area contributed by atoms with Crippen LogP contribution in [-0.2, 0) is 4.79 Å². The Labute approximate surface area is 160 Å². The lowest BCUT2D eigenvalue weighted by molar-refractivity contribution is -0.123. The summed E-state index contributed by atoms with van der Waals surface area (Å²) in [5, 5.41) is 6.26. The Kier molecular flexibility index (Phi) is 5.23. The number of urea groups is 1. The topological polar surface area (TPSA) is 70.7 Å². The molecule has 3 fully saturated rings. The van der Waals surface area contributed by atoms with Gasteiger partial charge in [0, 0.05) is 29.7 Å². The highest BCUT2D eigenvalue weighted by Gasteiger charge is 2.42. The smallest absolute Gasteiger partial charge is 0.322 e. The highest BCUT2D eigenvalue weighted by molar-refractivity contribution is 5.90. The van der Waals surface area contributed by atoms with Crippen molar-refractivity contribution in [2.24, 2.45) is 5.92 Å². The standard InChI is InChI=1S/C21H29N3O3/c1-2-27-19-10-8-15(9-11-19)23-21(26)24-17-4-3-5-18(24)13-16(12-17)22-20(25)14-6-7-14/h8-11,14,16-18H,2-7,12-13H2,1H3,(H,22,25)(H,23,26). The van der Waals surface area contributed by atoms with Crippen LogP contribution in [0.3, 0.4) is 0 Å². The van der Waals surface area contributed by atoms with Crippen molar-refractivity contribution in [1.82, 2.24) is 10.2 Å². The minimum absolute atomic E-state index is 0.0270. The van der Waals surface area contributed by atoms with Gasteiger partial charge in [-0.25, -0.2) is 4.79 Å². The van der Waals surface area contributed by atoms with Crippen molar-refractivity contribution < 1.29 is 14.3 Å². The lowest BCUT2D eigenvalue weighted by Crippen LogP contribution is -2.59. The fourth-order valence-electron chi connectivity index (χ4n) is 4.48. The van der Waals surface area contributed by atoms with E-state index >= 15 is 0 Å². The first-order valence-corrected chi connectivity index (χ1v) is 10.3. The third-order valence-electron chi connectivity index (χ3n) is 5.92. The maximum Gasteiger partial charge on any atom is 0.322 e. The number of hydrogen-bond acceptors (Lipinski definition) is 3. The molecule has 2 heterocycles. The van der Waals surface area contributed by atoms with E-state index in [4.69, 9.17) is 4.74 Å². The molecule has 1 aliphatic carbocycles. The SMILES string of the molecule is CCOc1ccc(NC(=O)N2C3CCCC2CC(NC(=O)C2CC2)C3)cc1. The number of benzene rings is 1. The second-order valence-corrected chi connectivity index (χ2v) is 7.98. The van der Waals surface area contributed by atoms with Crippen molar-refractivity contribution in [2.75, 3.05) is 11.9 Å². The van der Waals surface area contributed by atoms with E-state index in [9.17, 15) is 9.59 Å². The first-order chi connectivity index (χ1) is 13.1. The Morgan fingerprint density at radius 1 is 1.07 bits per heavy atom. The van der Waals surface area contributed by atoms with Crippen LogP contribution in [0.5, 0.6) is 5.75 Å². The van der Waals surface area contributed by atoms with Gasteiger partial charge in [0.25, 0.3) is 0 Å². The number of anilines is 1. The van der Waals surface area contributed by atoms with Gasteiger partial charge in [0.1, 0.15) is 5.75 Å². The molecule has 1 aromatic rings. The van der Waals surface area contributed by atoms with Gasteiger partial charge in [0.2, 0.25) is 5.91 Å². The average molecular weight is 371 g/mol. The normalized spacial score (nSPS) is 27.0. The van der Waals surface area contributed by atoms with E-state index in [-0.39, 0.29) is 36.0 Å². The van der Waals surface area contributed by atoms with Crippen LogP contribution in [0, 0.1) is 5.92 Å². The summed E-state index contributed by atoms with van der Waals surface area (Å²) in [6.07, 6.45) is 6.98. The number of amides is 3. The molecule has 2 N–H and O–H groups in total. The summed E-state index contributed by atoms with van der Waals surface area (Å²) in [6, 6.07) is 8.11. The summed E-state index contributed by atoms with van der Waals surface area (Å²) in [6.45, 7) is 2.58. The van der Waals surface area contributed by atoms with E-state index in [1.165, 1.54) is 0 Å². The summed E-state index contributed by atoms with van der Waals surface area (Å²) in [7, 11) is 0. The first-order valence-electron chi connectivity index (χ1n) is 10.3. The Balaban J connectivity index is 1.37. The number of piperidine rings is 2. The number of fused-ring (bicyclic) bond motifs is 2. The van der Waals surface area contributed by atoms with Crippen molar-refractivity contribution in [3.63, 3.8) is 0 Å². The molecular formula is C21H29N3O3. The van der Waals surface area contributed by atoms with E-state index < -0.39 is 0 Å². The second-order valence-electron chi connectivity index (χ2n) is 7.98. The third-order valence-corrected chi connectivity index (χ3v) is 5.92. The van der Waals surface area contributed by atoms with Crippen molar-refractivity contribution in [1.29, 1.82) is 0 Å². The average Bonchev–Trinajstić information content (AvgIpc) is 3.48. The summed E-state index contributed by atoms with van der Waals surface area (Å²) >= 11 is 0. The van der Waals surface area contributed by atoms with Crippen LogP contribution in [0.15, 0.2) is 24.3 Å². The summed E-state index contributed by atoms with van der Waals surface area (Å²) in [5.74, 6) is 1.26. The van der Waals surface area contributed by atoms with Gasteiger partial charge in [-0.15, -0.1) is 0 Å². The molecule has 0 aromatic heterocycles. The van der Waals surface area contributed by atoms with E-state index in [1.807, 2.05) is 36.1 Å². The Morgan fingerprint density at radius 3 is 2.33 bits per heavy atom. The monoisotopic (exact) mass is 371 g/mol. The van der Waals surface area contributed by atoms with Gasteiger partial charge >= 0.3 is 6.03 Å². The molecule has 2 saturated heterocycles. The third kappa shape index (κ3) is 4.20. The summed E-state index contributed by atoms with van der Waals surface area (Å²) < 4.78 is 5.45. The number of ether oxygens (including phenoxy) is 1. The van der Waals surface area contributed by atoms with Crippen LogP contribution in [0.25, 0.3) is 0 Å². The highest BCUT2D eigenvalue weighted by atomic mass is 16.5. The Bertz CT molecular complexity index is 672. The zero-order valence-electron chi connectivity index (χ0n) is 15.9. The molecule has 3 aliphatic rings. The van der Waals surface area contributed by atoms with Crippen LogP contribution in [-0.4, -0.2) is 41.6 Å². The molecular weight excluding hydrogens is 342 g/mol. The number of rotatable bonds is 5. The lowest BCUT2D eigenvalue weighted by atomic mass is 9.82. The van der Waals surface area contributed by atoms with Crippen LogP contribution < -0.4 is 15.4 Å². The van der Waals surface area contributed by atoms with Crippen molar-refractivity contribution >= 4 is 17.6 Å². The number of carbonyl (C=O) groups is 2. The predicted molar refractivity (Wildman–Crippen MR) is 104 cm³/mol. The van der Waals surface area contributed by atoms with Crippen LogP contribution in [0.4, 0.5) is 10.5 Å². The maximum atomic E-state index is 12.9. The number of nitrogens with zero attached hydrogens (tertiary/aromatic N) is 1. The molecule has 2 bridgehead atoms. The summed E-state index contributed by atoms with van der Waals surface area (Å²) in [5.41, 5.74) is 0.783. The molecule has 2 atom stereocenters. The molecule has 6 heteroatoms. The minimum atomic E-state index is -0.0270. The van der Waals surface area contributed by atoms with Gasteiger partial charge in [-0.05, 0) is 76.1 Å². The van der Waals surface area contributed by atoms with Gasteiger partial charge in [0.05, 0.1) is 6.61 Å². The van der Waals surface area contributed by atoms with Crippen molar-refractivity contribution in [3.8, 4) is 5.75 Å². The van der Waals surface area contributed by atoms with Crippen molar-refractivity contribution in [3.05, 3.63) is 24.3 Å². The maximum absolute atomic E-state index is 12.9. The van der Waals surface area contributed by atoms with Crippen LogP contribution in [0.2, 0.25) is 0 Å². The molecule has 0 radical (unpaired) electrons. The van der Waals surface area contributed by atoms with Gasteiger partial charge in [-0.1, -0.05) is 0 Å². The van der Waals surface area contributed by atoms with Gasteiger partial charge in [0.15, 0.2) is 0 Å². The zero-order valence-corrected chi connectivity index (χ0v) is 15.9. The molecule has 1 aromatic carbocycles. The van der Waals surface area contributed by atoms with E-state index in [1.54, 1.807) is 0 Å². The van der Waals surface area contributed by atoms with Crippen LogP contribution in [0.1, 0.15) is 51.9 Å². The quantitative estimate of drug-likeness (QED) is 0.832. The van der Waals surface area contributed by atoms with Crippen LogP contribution >= 0.6 is 0 Å². The fraction of sp³-hybridized carbons (Fsp3) is 0.619. The zero-order chi connectivity index (χ0) is 18.8. The molecule has 3 amide bonds. The largest absolute Gasteiger partial charge is 0.494 e. The Hall–Kier alpha value is -2.24. The molecule has 1 saturated carbocycles. The number of carbonyl (C=O) groups excluding carboxylic acids is 2. The van der Waals surface area contributed by atoms with Gasteiger partial charge in [-0.3, -0.25) is 4.79 Å². The summed E-state index contributed by atoms with van der Waals surface area (Å²) in [4.78, 5) is 27.1. The number of hydrogen-bond donors (Lipinski definition) is 2. The molecule has 2 unspecified atom stereocenters. The molecule has 6 nitrogen and oxygen atoms in total. The predicted octanol–water partition coefficient (Wildman–Crippen LogP) is 3.53. The lowest BCUT2D eigenvalue weighted by Gasteiger charge is -2.48. The van der Waals surface area contributed by atoms with E-state index in [0.29, 0.717) is 6.61 Å². The fourth-order valence-corrected chi connectivity index (χ4v) is 4.48. The van der Waals surface area contributed by atoms with Gasteiger partial charge < -0.3 is 20.3 Å². The minimum Gasteiger partial charge on any atom is -0.494 e. The molecule has 27 heavy (non-hydrogen) atoms. The highest BCUT2D eigenvalue weighted by Crippen LogP contribution is 2.36.